The fraction of sp³-hybridized carbons (Fsp3) is 1.00. The Bertz CT molecular complexity index is 11.6. The van der Waals surface area contributed by atoms with Gasteiger partial charge in [0.05, 0.1) is 0 Å². The first-order chi connectivity index (χ1) is 1.73. The third-order valence-corrected chi connectivity index (χ3v) is 0. The van der Waals surface area contributed by atoms with E-state index in [1.54, 1.807) is 13.8 Å². The molecule has 0 amide bonds. The molecule has 5 heavy (non-hydrogen) atoms. The minimum Gasteiger partial charge on any atom is -0.852 e. The van der Waals surface area contributed by atoms with Gasteiger partial charge < -0.3 is 5.11 Å². The van der Waals surface area contributed by atoms with Crippen LogP contribution in [0.4, 0.5) is 0 Å². The Labute approximate surface area is 48.5 Å². The molecule has 0 bridgehead atoms. The van der Waals surface area contributed by atoms with Gasteiger partial charge in [0.25, 0.3) is 0 Å². The summed E-state index contributed by atoms with van der Waals surface area (Å²) >= 11 is 0. The average Bonchev–Trinajstić information content (AvgIpc) is 0.811. The van der Waals surface area contributed by atoms with Crippen molar-refractivity contribution in [1.29, 1.82) is 0 Å². The Hall–Kier alpha value is 0.726. The van der Waals surface area contributed by atoms with Crippen molar-refractivity contribution in [3.63, 3.8) is 0 Å². The van der Waals surface area contributed by atoms with Crippen LogP contribution in [0.15, 0.2) is 0 Å². The molecule has 0 aliphatic rings. The van der Waals surface area contributed by atoms with Crippen molar-refractivity contribution in [2.24, 2.45) is 0 Å². The Balaban J connectivity index is 0. The van der Waals surface area contributed by atoms with Crippen LogP contribution in [0.3, 0.4) is 0 Å². The summed E-state index contributed by atoms with van der Waals surface area (Å²) in [6, 6.07) is 0. The van der Waals surface area contributed by atoms with Crippen molar-refractivity contribution < 1.29 is 5.11 Å². The van der Waals surface area contributed by atoms with Crippen LogP contribution in [0.2, 0.25) is 0 Å². The van der Waals surface area contributed by atoms with Gasteiger partial charge in [-0.05, 0) is 0 Å². The van der Waals surface area contributed by atoms with Crippen LogP contribution in [-0.4, -0.2) is 29.2 Å². The summed E-state index contributed by atoms with van der Waals surface area (Å²) in [5.41, 5.74) is 0. The van der Waals surface area contributed by atoms with E-state index in [-0.39, 0.29) is 23.1 Å². The van der Waals surface area contributed by atoms with Gasteiger partial charge in [0.15, 0.2) is 0 Å². The second-order valence-corrected chi connectivity index (χ2v) is 1.05. The zero-order valence-electron chi connectivity index (χ0n) is 3.69. The molecule has 0 atom stereocenters. The van der Waals surface area contributed by atoms with Crippen LogP contribution in [0.25, 0.3) is 0 Å². The molecule has 0 aromatic carbocycles. The van der Waals surface area contributed by atoms with Crippen molar-refractivity contribution in [3.05, 3.63) is 0 Å². The summed E-state index contributed by atoms with van der Waals surface area (Å²) in [6.07, 6.45) is -0.417. The van der Waals surface area contributed by atoms with Crippen LogP contribution in [-0.2, 0) is 0 Å². The van der Waals surface area contributed by atoms with E-state index < -0.39 is 6.10 Å². The first-order valence-electron chi connectivity index (χ1n) is 1.39. The largest absolute Gasteiger partial charge is 2.00 e. The van der Waals surface area contributed by atoms with Gasteiger partial charge >= 0.3 is 23.1 Å². The average molecular weight is 83.4 g/mol. The Morgan fingerprint density at radius 1 is 1.40 bits per heavy atom. The molecular formula is C3H7MgO+. The van der Waals surface area contributed by atoms with Gasteiger partial charge in [0.1, 0.15) is 0 Å². The molecule has 0 spiro atoms. The molecule has 2 heteroatoms. The zero-order chi connectivity index (χ0) is 3.58. The molecule has 0 saturated heterocycles. The molecule has 26 valence electrons. The first-order valence-corrected chi connectivity index (χ1v) is 1.39. The van der Waals surface area contributed by atoms with Gasteiger partial charge in [-0.1, -0.05) is 13.8 Å². The van der Waals surface area contributed by atoms with E-state index in [0.717, 1.165) is 0 Å². The fourth-order valence-corrected chi connectivity index (χ4v) is 0. The van der Waals surface area contributed by atoms with Crippen LogP contribution < -0.4 is 5.11 Å². The van der Waals surface area contributed by atoms with E-state index in [1.165, 1.54) is 0 Å². The van der Waals surface area contributed by atoms with Crippen LogP contribution in [0.1, 0.15) is 13.8 Å². The maximum absolute atomic E-state index is 9.53. The Morgan fingerprint density at radius 3 is 1.40 bits per heavy atom. The molecule has 0 aliphatic carbocycles. The standard InChI is InChI=1S/C3H7O.Mg/c1-3(2)4;/h3H,1-2H3;/q-1;+2. The first kappa shape index (κ1) is 9.21. The molecule has 0 heterocycles. The van der Waals surface area contributed by atoms with Crippen molar-refractivity contribution in [3.8, 4) is 0 Å². The van der Waals surface area contributed by atoms with E-state index in [0.29, 0.717) is 0 Å². The second kappa shape index (κ2) is 4.73. The van der Waals surface area contributed by atoms with E-state index in [2.05, 4.69) is 0 Å². The van der Waals surface area contributed by atoms with Crippen molar-refractivity contribution >= 4 is 23.1 Å². The van der Waals surface area contributed by atoms with E-state index in [4.69, 9.17) is 0 Å². The van der Waals surface area contributed by atoms with Crippen molar-refractivity contribution in [1.82, 2.24) is 0 Å². The minimum atomic E-state index is -0.417. The molecule has 0 fully saturated rings. The number of hydrogen-bond donors (Lipinski definition) is 0. The summed E-state index contributed by atoms with van der Waals surface area (Å²) in [5.74, 6) is 0. The SMILES string of the molecule is CC(C)[O-].[Mg+2]. The molecule has 0 unspecified atom stereocenters. The quantitative estimate of drug-likeness (QED) is 0.358. The number of rotatable bonds is 0. The third kappa shape index (κ3) is 66.6. The predicted octanol–water partition coefficient (Wildman–Crippen LogP) is -0.626. The molecule has 0 saturated carbocycles. The summed E-state index contributed by atoms with van der Waals surface area (Å²) in [5, 5.41) is 9.53. The molecular weight excluding hydrogens is 76.3 g/mol. The van der Waals surface area contributed by atoms with Gasteiger partial charge in [0, 0.05) is 0 Å². The normalized spacial score (nSPS) is 7.20. The maximum atomic E-state index is 9.53. The monoisotopic (exact) mass is 83.0 g/mol. The molecule has 1 nitrogen and oxygen atoms in total. The maximum Gasteiger partial charge on any atom is 2.00 e. The van der Waals surface area contributed by atoms with E-state index >= 15 is 0 Å². The molecule has 0 aliphatic heterocycles. The fourth-order valence-electron chi connectivity index (χ4n) is 0. The van der Waals surface area contributed by atoms with Gasteiger partial charge in [-0.2, -0.15) is 0 Å². The van der Waals surface area contributed by atoms with Gasteiger partial charge in [-0.25, -0.2) is 0 Å². The summed E-state index contributed by atoms with van der Waals surface area (Å²) in [4.78, 5) is 0. The summed E-state index contributed by atoms with van der Waals surface area (Å²) < 4.78 is 0. The van der Waals surface area contributed by atoms with Crippen LogP contribution in [0, 0.1) is 0 Å². The molecule has 0 rings (SSSR count). The van der Waals surface area contributed by atoms with Gasteiger partial charge in [0.2, 0.25) is 0 Å². The third-order valence-electron chi connectivity index (χ3n) is 0. The minimum absolute atomic E-state index is 0. The molecule has 0 aromatic heterocycles. The van der Waals surface area contributed by atoms with Crippen LogP contribution in [0.5, 0.6) is 0 Å². The van der Waals surface area contributed by atoms with Crippen molar-refractivity contribution in [2.45, 2.75) is 20.0 Å². The summed E-state index contributed by atoms with van der Waals surface area (Å²) in [7, 11) is 0. The number of hydrogen-bond acceptors (Lipinski definition) is 1. The smallest absolute Gasteiger partial charge is 0.852 e. The van der Waals surface area contributed by atoms with Crippen molar-refractivity contribution in [2.75, 3.05) is 0 Å². The van der Waals surface area contributed by atoms with Crippen LogP contribution >= 0.6 is 0 Å². The second-order valence-electron chi connectivity index (χ2n) is 1.05. The predicted molar refractivity (Wildman–Crippen MR) is 20.9 cm³/mol. The zero-order valence-corrected chi connectivity index (χ0v) is 5.11. The van der Waals surface area contributed by atoms with Gasteiger partial charge in [-0.3, -0.25) is 0 Å². The van der Waals surface area contributed by atoms with Gasteiger partial charge in [-0.15, -0.1) is 6.10 Å². The summed E-state index contributed by atoms with van der Waals surface area (Å²) in [6.45, 7) is 3.22. The molecule has 0 N–H and O–H groups in total. The van der Waals surface area contributed by atoms with E-state index in [9.17, 15) is 5.11 Å². The Morgan fingerprint density at radius 2 is 1.40 bits per heavy atom. The molecule has 0 aromatic rings. The molecule has 0 radical (unpaired) electrons. The topological polar surface area (TPSA) is 23.1 Å². The Kier molecular flexibility index (Phi) is 8.71. The van der Waals surface area contributed by atoms with E-state index in [1.807, 2.05) is 0 Å².